The van der Waals surface area contributed by atoms with Crippen LogP contribution in [0.3, 0.4) is 0 Å². The molecule has 214 valence electrons. The molecule has 0 aromatic carbocycles. The van der Waals surface area contributed by atoms with Crippen molar-refractivity contribution in [3.05, 3.63) is 0 Å². The van der Waals surface area contributed by atoms with Crippen LogP contribution in [0.1, 0.15) is 65.2 Å². The number of aliphatic hydroxyl groups excluding tert-OH is 1. The molecule has 3 saturated carbocycles. The zero-order valence-corrected chi connectivity index (χ0v) is 23.6. The van der Waals surface area contributed by atoms with Gasteiger partial charge in [-0.25, -0.2) is 4.99 Å². The van der Waals surface area contributed by atoms with Gasteiger partial charge in [0, 0.05) is 81.4 Å². The molecule has 0 radical (unpaired) electrons. The highest BCUT2D eigenvalue weighted by Gasteiger charge is 2.51. The number of nitrogens with zero attached hydrogens (tertiary/aromatic N) is 3. The fourth-order valence-electron chi connectivity index (χ4n) is 8.46. The van der Waals surface area contributed by atoms with E-state index in [1.54, 1.807) is 0 Å². The van der Waals surface area contributed by atoms with Crippen LogP contribution in [0.5, 0.6) is 0 Å². The third kappa shape index (κ3) is 5.20. The number of guanidine groups is 1. The van der Waals surface area contributed by atoms with Gasteiger partial charge >= 0.3 is 0 Å². The molecular weight excluding hydrogens is 478 g/mol. The Morgan fingerprint density at radius 1 is 1.16 bits per heavy atom. The highest BCUT2D eigenvalue weighted by Crippen LogP contribution is 2.46. The van der Waals surface area contributed by atoms with E-state index in [4.69, 9.17) is 10.7 Å². The van der Waals surface area contributed by atoms with Crippen molar-refractivity contribution >= 4 is 11.9 Å². The number of rotatable bonds is 5. The molecule has 0 bridgehead atoms. The summed E-state index contributed by atoms with van der Waals surface area (Å²) < 4.78 is 0. The summed E-state index contributed by atoms with van der Waals surface area (Å²) in [4.78, 5) is 23.5. The third-order valence-corrected chi connectivity index (χ3v) is 11.2. The highest BCUT2D eigenvalue weighted by atomic mass is 16.3. The average molecular weight is 530 g/mol. The van der Waals surface area contributed by atoms with Crippen molar-refractivity contribution in [3.63, 3.8) is 0 Å². The summed E-state index contributed by atoms with van der Waals surface area (Å²) in [6.07, 6.45) is 8.95. The minimum absolute atomic E-state index is 0.0950. The summed E-state index contributed by atoms with van der Waals surface area (Å²) >= 11 is 0. The van der Waals surface area contributed by atoms with E-state index >= 15 is 0 Å². The molecule has 6 N–H and O–H groups in total. The van der Waals surface area contributed by atoms with Crippen molar-refractivity contribution in [1.82, 2.24) is 25.8 Å². The second-order valence-corrected chi connectivity index (χ2v) is 13.7. The Labute approximate surface area is 228 Å². The van der Waals surface area contributed by atoms with Gasteiger partial charge in [-0.05, 0) is 62.7 Å². The number of fused-ring (bicyclic) bond motifs is 1. The van der Waals surface area contributed by atoms with Crippen LogP contribution in [0, 0.1) is 29.1 Å². The van der Waals surface area contributed by atoms with Gasteiger partial charge in [0.2, 0.25) is 5.91 Å². The molecule has 6 aliphatic rings. The first kappa shape index (κ1) is 26.8. The maximum Gasteiger partial charge on any atom is 0.226 e. The van der Waals surface area contributed by atoms with Crippen LogP contribution in [0.15, 0.2) is 4.99 Å². The molecule has 3 heterocycles. The van der Waals surface area contributed by atoms with Gasteiger partial charge < -0.3 is 31.7 Å². The zero-order valence-electron chi connectivity index (χ0n) is 23.6. The van der Waals surface area contributed by atoms with Crippen LogP contribution in [-0.4, -0.2) is 103 Å². The topological polar surface area (TPSA) is 118 Å². The van der Waals surface area contributed by atoms with E-state index in [-0.39, 0.29) is 36.1 Å². The zero-order chi connectivity index (χ0) is 26.4. The summed E-state index contributed by atoms with van der Waals surface area (Å²) in [5, 5.41) is 21.0. The van der Waals surface area contributed by atoms with Crippen LogP contribution < -0.4 is 21.7 Å². The fraction of sp³-hybridized carbons (Fsp3) is 0.931. The molecule has 6 rings (SSSR count). The number of aliphatic imine (C=N–C) groups is 1. The number of carbonyl (C=O) groups is 1. The lowest BCUT2D eigenvalue weighted by Gasteiger charge is -2.44. The Bertz CT molecular complexity index is 888. The van der Waals surface area contributed by atoms with Gasteiger partial charge in [-0.2, -0.15) is 0 Å². The largest absolute Gasteiger partial charge is 0.396 e. The van der Waals surface area contributed by atoms with E-state index in [1.807, 2.05) is 0 Å². The normalized spacial score (nSPS) is 44.2. The number of amides is 1. The minimum Gasteiger partial charge on any atom is -0.396 e. The predicted molar refractivity (Wildman–Crippen MR) is 150 cm³/mol. The monoisotopic (exact) mass is 529 g/mol. The Morgan fingerprint density at radius 3 is 2.68 bits per heavy atom. The Balaban J connectivity index is 1.07. The molecule has 2 saturated heterocycles. The molecule has 1 amide bonds. The van der Waals surface area contributed by atoms with E-state index in [0.717, 1.165) is 89.8 Å². The van der Waals surface area contributed by atoms with E-state index in [9.17, 15) is 9.90 Å². The Hall–Kier alpha value is -1.42. The maximum atomic E-state index is 13.5. The van der Waals surface area contributed by atoms with E-state index in [2.05, 4.69) is 39.6 Å². The van der Waals surface area contributed by atoms with Crippen molar-refractivity contribution in [2.45, 2.75) is 95.4 Å². The summed E-state index contributed by atoms with van der Waals surface area (Å²) in [5.41, 5.74) is 6.57. The molecule has 0 aromatic rings. The Kier molecular flexibility index (Phi) is 7.66. The number of hydrogen-bond acceptors (Lipinski definition) is 8. The number of nitrogens with one attached hydrogen (secondary N) is 3. The van der Waals surface area contributed by atoms with Crippen LogP contribution in [0.4, 0.5) is 0 Å². The molecule has 0 spiro atoms. The minimum atomic E-state index is -0.0950. The van der Waals surface area contributed by atoms with Gasteiger partial charge in [-0.1, -0.05) is 20.3 Å². The van der Waals surface area contributed by atoms with Crippen LogP contribution >= 0.6 is 0 Å². The van der Waals surface area contributed by atoms with Crippen molar-refractivity contribution < 1.29 is 9.90 Å². The summed E-state index contributed by atoms with van der Waals surface area (Å²) in [6, 6.07) is 1.74. The summed E-state index contributed by atoms with van der Waals surface area (Å²) in [5.74, 6) is 2.53. The SMILES string of the molecule is CC1C(NC2=NC(C3CC(N)C4NC[C@](C)(CO)C4C3)CCN2)CCCC1C(=O)N1CCN(C2CC2)CC1. The molecule has 5 fully saturated rings. The van der Waals surface area contributed by atoms with E-state index < -0.39 is 0 Å². The maximum absolute atomic E-state index is 13.5. The first-order valence-corrected chi connectivity index (χ1v) is 15.6. The van der Waals surface area contributed by atoms with Gasteiger partial charge in [-0.3, -0.25) is 9.69 Å². The van der Waals surface area contributed by atoms with Crippen LogP contribution in [0.2, 0.25) is 0 Å². The fourth-order valence-corrected chi connectivity index (χ4v) is 8.46. The molecule has 3 aliphatic carbocycles. The number of carbonyl (C=O) groups excluding carboxylic acids is 1. The quantitative estimate of drug-likeness (QED) is 0.356. The number of nitrogens with two attached hydrogens (primary N) is 1. The number of aliphatic hydroxyl groups is 1. The third-order valence-electron chi connectivity index (χ3n) is 11.2. The van der Waals surface area contributed by atoms with Crippen molar-refractivity contribution in [2.75, 3.05) is 45.9 Å². The molecule has 3 aliphatic heterocycles. The molecule has 38 heavy (non-hydrogen) atoms. The van der Waals surface area contributed by atoms with Gasteiger partial charge in [0.25, 0.3) is 0 Å². The smallest absolute Gasteiger partial charge is 0.226 e. The molecule has 9 heteroatoms. The molecular formula is C29H51N7O2. The molecule has 9 atom stereocenters. The summed E-state index contributed by atoms with van der Waals surface area (Å²) in [7, 11) is 0. The first-order valence-electron chi connectivity index (χ1n) is 15.6. The lowest BCUT2D eigenvalue weighted by molar-refractivity contribution is -0.140. The van der Waals surface area contributed by atoms with Gasteiger partial charge in [-0.15, -0.1) is 0 Å². The summed E-state index contributed by atoms with van der Waals surface area (Å²) in [6.45, 7) is 10.3. The predicted octanol–water partition coefficient (Wildman–Crippen LogP) is 0.729. The van der Waals surface area contributed by atoms with E-state index in [1.165, 1.54) is 12.8 Å². The van der Waals surface area contributed by atoms with Crippen LogP contribution in [-0.2, 0) is 4.79 Å². The van der Waals surface area contributed by atoms with Gasteiger partial charge in [0.1, 0.15) is 0 Å². The first-order chi connectivity index (χ1) is 18.4. The lowest BCUT2D eigenvalue weighted by Crippen LogP contribution is -2.56. The van der Waals surface area contributed by atoms with Crippen LogP contribution in [0.25, 0.3) is 0 Å². The van der Waals surface area contributed by atoms with Crippen molar-refractivity contribution in [1.29, 1.82) is 0 Å². The van der Waals surface area contributed by atoms with Crippen molar-refractivity contribution in [3.8, 4) is 0 Å². The van der Waals surface area contributed by atoms with Gasteiger partial charge in [0.05, 0.1) is 6.04 Å². The highest BCUT2D eigenvalue weighted by molar-refractivity contribution is 5.82. The molecule has 8 unspecified atom stereocenters. The standard InChI is InChI=1S/C29H51N7O2/c1-18-21(27(38)36-12-10-35(11-13-36)20-6-7-20)4-3-5-24(18)33-28-31-9-8-25(34-28)19-14-22-26(23(30)15-19)32-16-29(22,2)17-37/h18-26,32,37H,3-17,30H2,1-2H3,(H2,31,33,34)/t18?,19?,21?,22?,23?,24?,25?,26?,29-/m1/s1. The Morgan fingerprint density at radius 2 is 1.95 bits per heavy atom. The van der Waals surface area contributed by atoms with E-state index in [0.29, 0.717) is 29.7 Å². The lowest BCUT2D eigenvalue weighted by atomic mass is 9.65. The number of piperazine rings is 1. The van der Waals surface area contributed by atoms with Crippen molar-refractivity contribution in [2.24, 2.45) is 39.8 Å². The molecule has 0 aromatic heterocycles. The average Bonchev–Trinajstić information content (AvgIpc) is 3.73. The second-order valence-electron chi connectivity index (χ2n) is 13.7. The second kappa shape index (κ2) is 10.9. The van der Waals surface area contributed by atoms with Gasteiger partial charge in [0.15, 0.2) is 5.96 Å². The molecule has 9 nitrogen and oxygen atoms in total. The number of hydrogen-bond donors (Lipinski definition) is 5.